The van der Waals surface area contributed by atoms with Crippen LogP contribution in [0.25, 0.3) is 0 Å². The van der Waals surface area contributed by atoms with Crippen LogP contribution in [0, 0.1) is 0 Å². The van der Waals surface area contributed by atoms with Gasteiger partial charge >= 0.3 is 21.7 Å². The van der Waals surface area contributed by atoms with Gasteiger partial charge in [-0.05, 0) is 49.4 Å². The summed E-state index contributed by atoms with van der Waals surface area (Å²) >= 11 is 5.80. The maximum absolute atomic E-state index is 12.6. The van der Waals surface area contributed by atoms with E-state index in [-0.39, 0.29) is 22.0 Å². The number of sulfonamides is 1. The topological polar surface area (TPSA) is 67.8 Å². The highest BCUT2D eigenvalue weighted by atomic mass is 35.5. The van der Waals surface area contributed by atoms with E-state index in [9.17, 15) is 34.8 Å². The lowest BCUT2D eigenvalue weighted by Crippen LogP contribution is -2.30. The molecule has 0 saturated heterocycles. The molecule has 1 N–H and O–H groups in total. The Bertz CT molecular complexity index is 1020. The first-order valence-electron chi connectivity index (χ1n) is 7.48. The average molecular weight is 461 g/mol. The molecular weight excluding hydrogens is 450 g/mol. The summed E-state index contributed by atoms with van der Waals surface area (Å²) in [7, 11) is -5.70. The Balaban J connectivity index is 2.30. The van der Waals surface area contributed by atoms with Crippen molar-refractivity contribution in [3.05, 3.63) is 58.6 Å². The molecule has 0 radical (unpaired) electrons. The second-order valence-electron chi connectivity index (χ2n) is 5.53. The number of alkyl halides is 6. The molecule has 13 heteroatoms. The van der Waals surface area contributed by atoms with E-state index in [2.05, 4.69) is 5.16 Å². The Labute approximate surface area is 166 Å². The van der Waals surface area contributed by atoms with Crippen LogP contribution in [0.3, 0.4) is 0 Å². The van der Waals surface area contributed by atoms with Crippen molar-refractivity contribution in [2.45, 2.75) is 18.6 Å². The number of hydrogen-bond donors (Lipinski definition) is 1. The fraction of sp³-hybridized carbons (Fsp3) is 0.188. The van der Waals surface area contributed by atoms with E-state index < -0.39 is 33.0 Å². The minimum absolute atomic E-state index is 0.0686. The van der Waals surface area contributed by atoms with Gasteiger partial charge in [0.2, 0.25) is 0 Å². The molecule has 2 aromatic rings. The van der Waals surface area contributed by atoms with Crippen LogP contribution in [-0.2, 0) is 16.2 Å². The van der Waals surface area contributed by atoms with Crippen LogP contribution in [0.5, 0.6) is 5.75 Å². The molecule has 0 aliphatic rings. The van der Waals surface area contributed by atoms with Crippen molar-refractivity contribution in [1.29, 1.82) is 0 Å². The molecule has 0 aliphatic heterocycles. The molecule has 0 heterocycles. The maximum Gasteiger partial charge on any atom is 0.516 e. The molecule has 0 saturated carbocycles. The highest BCUT2D eigenvalue weighted by Crippen LogP contribution is 2.31. The summed E-state index contributed by atoms with van der Waals surface area (Å²) in [5, 5.41) is 3.68. The predicted molar refractivity (Wildman–Crippen MR) is 94.3 cm³/mol. The van der Waals surface area contributed by atoms with Gasteiger partial charge in [-0.2, -0.15) is 34.8 Å². The van der Waals surface area contributed by atoms with Crippen LogP contribution in [0.1, 0.15) is 18.1 Å². The summed E-state index contributed by atoms with van der Waals surface area (Å²) in [5.74, 6) is -0.0863. The van der Waals surface area contributed by atoms with Gasteiger partial charge in [-0.3, -0.25) is 4.72 Å². The van der Waals surface area contributed by atoms with Gasteiger partial charge in [-0.25, -0.2) is 0 Å². The normalized spacial score (nSPS) is 13.3. The first kappa shape index (κ1) is 22.8. The van der Waals surface area contributed by atoms with Crippen molar-refractivity contribution in [2.75, 3.05) is 4.72 Å². The second kappa shape index (κ2) is 8.11. The Morgan fingerprint density at radius 1 is 1.03 bits per heavy atom. The first-order chi connectivity index (χ1) is 13.2. The van der Waals surface area contributed by atoms with Crippen LogP contribution < -0.4 is 9.56 Å². The molecule has 0 amide bonds. The maximum atomic E-state index is 12.6. The van der Waals surface area contributed by atoms with Crippen LogP contribution >= 0.6 is 11.6 Å². The van der Waals surface area contributed by atoms with E-state index in [0.717, 1.165) is 42.5 Å². The van der Waals surface area contributed by atoms with Crippen molar-refractivity contribution in [1.82, 2.24) is 0 Å². The zero-order valence-corrected chi connectivity index (χ0v) is 15.8. The predicted octanol–water partition coefficient (Wildman–Crippen LogP) is 5.42. The molecule has 158 valence electrons. The van der Waals surface area contributed by atoms with Crippen molar-refractivity contribution in [3.8, 4) is 5.75 Å². The molecular formula is C16H11ClF6N2O3S. The Morgan fingerprint density at radius 3 is 2.14 bits per heavy atom. The number of nitrogens with one attached hydrogen (secondary N) is 1. The van der Waals surface area contributed by atoms with Gasteiger partial charge in [0.1, 0.15) is 0 Å². The fourth-order valence-corrected chi connectivity index (χ4v) is 2.74. The largest absolute Gasteiger partial charge is 0.516 e. The molecule has 0 unspecified atom stereocenters. The van der Waals surface area contributed by atoms with E-state index in [1.54, 1.807) is 0 Å². The Morgan fingerprint density at radius 2 is 1.62 bits per heavy atom. The summed E-state index contributed by atoms with van der Waals surface area (Å²) in [6.45, 7) is 1.28. The molecule has 5 nitrogen and oxygen atoms in total. The molecule has 2 aromatic carbocycles. The highest BCUT2D eigenvalue weighted by Gasteiger charge is 2.46. The molecule has 0 aromatic heterocycles. The minimum Gasteiger partial charge on any atom is -0.357 e. The highest BCUT2D eigenvalue weighted by molar-refractivity contribution is 7.93. The van der Waals surface area contributed by atoms with Crippen LogP contribution in [-0.4, -0.2) is 19.6 Å². The first-order valence-corrected chi connectivity index (χ1v) is 9.35. The van der Waals surface area contributed by atoms with Crippen molar-refractivity contribution in [2.24, 2.45) is 5.16 Å². The van der Waals surface area contributed by atoms with Crippen molar-refractivity contribution >= 4 is 33.0 Å². The standard InChI is InChI=1S/C16H11ClF6N2O3S/c1-9(24-28-12-5-2-10(3-6-12)15(18,19)20)13-8-11(17)4-7-14(13)25-29(26,27)16(21,22)23/h2-8,25H,1H3. The lowest BCUT2D eigenvalue weighted by molar-refractivity contribution is -0.137. The van der Waals surface area contributed by atoms with Crippen LogP contribution in [0.15, 0.2) is 47.6 Å². The third-order valence-corrected chi connectivity index (χ3v) is 4.72. The van der Waals surface area contributed by atoms with Gasteiger partial charge in [0.05, 0.1) is 17.0 Å². The SMILES string of the molecule is CC(=NOc1ccc(C(F)(F)F)cc1)c1cc(Cl)ccc1NS(=O)(=O)C(F)(F)F. The zero-order chi connectivity index (χ0) is 22.0. The van der Waals surface area contributed by atoms with Gasteiger partial charge in [0, 0.05) is 10.6 Å². The van der Waals surface area contributed by atoms with Gasteiger partial charge in [0.25, 0.3) is 0 Å². The van der Waals surface area contributed by atoms with Crippen molar-refractivity contribution < 1.29 is 39.6 Å². The van der Waals surface area contributed by atoms with Gasteiger partial charge in [0.15, 0.2) is 5.75 Å². The molecule has 0 fully saturated rings. The van der Waals surface area contributed by atoms with Gasteiger partial charge in [-0.1, -0.05) is 16.8 Å². The zero-order valence-electron chi connectivity index (χ0n) is 14.3. The lowest BCUT2D eigenvalue weighted by atomic mass is 10.1. The Hall–Kier alpha value is -2.47. The van der Waals surface area contributed by atoms with Gasteiger partial charge in [-0.15, -0.1) is 0 Å². The van der Waals surface area contributed by atoms with E-state index in [1.807, 2.05) is 0 Å². The number of benzene rings is 2. The fourth-order valence-electron chi connectivity index (χ4n) is 1.98. The third kappa shape index (κ3) is 5.76. The summed E-state index contributed by atoms with van der Waals surface area (Å²) in [5.41, 5.74) is -7.15. The summed E-state index contributed by atoms with van der Waals surface area (Å²) < 4.78 is 99.5. The number of halogens is 7. The van der Waals surface area contributed by atoms with E-state index in [1.165, 1.54) is 11.6 Å². The quantitative estimate of drug-likeness (QED) is 0.368. The van der Waals surface area contributed by atoms with Crippen LogP contribution in [0.2, 0.25) is 5.02 Å². The molecule has 2 rings (SSSR count). The summed E-state index contributed by atoms with van der Waals surface area (Å²) in [4.78, 5) is 4.96. The monoisotopic (exact) mass is 460 g/mol. The number of anilines is 1. The van der Waals surface area contributed by atoms with E-state index >= 15 is 0 Å². The van der Waals surface area contributed by atoms with Crippen LogP contribution in [0.4, 0.5) is 32.0 Å². The van der Waals surface area contributed by atoms with Gasteiger partial charge < -0.3 is 4.84 Å². The number of oxime groups is 1. The lowest BCUT2D eigenvalue weighted by Gasteiger charge is -2.14. The third-order valence-electron chi connectivity index (χ3n) is 3.39. The van der Waals surface area contributed by atoms with E-state index in [0.29, 0.717) is 0 Å². The second-order valence-corrected chi connectivity index (χ2v) is 7.64. The summed E-state index contributed by atoms with van der Waals surface area (Å²) in [6, 6.07) is 6.78. The molecule has 0 bridgehead atoms. The summed E-state index contributed by atoms with van der Waals surface area (Å²) in [6.07, 6.45) is -4.54. The number of nitrogens with zero attached hydrogens (tertiary/aromatic N) is 1. The number of hydrogen-bond acceptors (Lipinski definition) is 4. The molecule has 0 aliphatic carbocycles. The average Bonchev–Trinajstić information content (AvgIpc) is 2.59. The van der Waals surface area contributed by atoms with Crippen molar-refractivity contribution in [3.63, 3.8) is 0 Å². The van der Waals surface area contributed by atoms with E-state index in [4.69, 9.17) is 16.4 Å². The molecule has 29 heavy (non-hydrogen) atoms. The molecule has 0 atom stereocenters. The minimum atomic E-state index is -5.70. The number of rotatable bonds is 5. The smallest absolute Gasteiger partial charge is 0.357 e. The molecule has 0 spiro atoms. The Kier molecular flexibility index (Phi) is 6.38.